The molecule has 1 saturated heterocycles. The maximum atomic E-state index is 12.8. The third-order valence-electron chi connectivity index (χ3n) is 4.16. The molecule has 0 bridgehead atoms. The molecule has 1 saturated carbocycles. The quantitative estimate of drug-likeness (QED) is 0.668. The second kappa shape index (κ2) is 4.39. The van der Waals surface area contributed by atoms with Crippen LogP contribution < -0.4 is 10.1 Å². The van der Waals surface area contributed by atoms with Crippen molar-refractivity contribution in [2.24, 2.45) is 5.41 Å². The van der Waals surface area contributed by atoms with Gasteiger partial charge in [-0.25, -0.2) is 4.39 Å². The average molecular weight is 347 g/mol. The summed E-state index contributed by atoms with van der Waals surface area (Å²) in [5.41, 5.74) is 0.343. The maximum absolute atomic E-state index is 12.8. The second-order valence-corrected chi connectivity index (χ2v) is 5.82. The smallest absolute Gasteiger partial charge is 0.123 e. The number of halogens is 2. The van der Waals surface area contributed by atoms with Crippen molar-refractivity contribution in [2.75, 3.05) is 11.0 Å². The minimum absolute atomic E-state index is 0.215. The molecule has 2 aliphatic rings. The number of piperidine rings is 1. The van der Waals surface area contributed by atoms with Crippen LogP contribution in [0.2, 0.25) is 0 Å². The zero-order valence-electron chi connectivity index (χ0n) is 9.46. The molecule has 2 nitrogen and oxygen atoms in total. The summed E-state index contributed by atoms with van der Waals surface area (Å²) in [6, 6.07) is 7.51. The van der Waals surface area contributed by atoms with Gasteiger partial charge in [0, 0.05) is 21.9 Å². The largest absolute Gasteiger partial charge is 0.493 e. The highest BCUT2D eigenvalue weighted by Crippen LogP contribution is 2.52. The number of benzene rings is 1. The zero-order valence-corrected chi connectivity index (χ0v) is 11.6. The summed E-state index contributed by atoms with van der Waals surface area (Å²) < 4.78 is 19.7. The van der Waals surface area contributed by atoms with Crippen molar-refractivity contribution in [1.82, 2.24) is 5.32 Å². The molecule has 4 heteroatoms. The molecule has 3 rings (SSSR count). The van der Waals surface area contributed by atoms with Crippen molar-refractivity contribution in [3.63, 3.8) is 0 Å². The van der Waals surface area contributed by atoms with Crippen molar-refractivity contribution < 1.29 is 9.13 Å². The van der Waals surface area contributed by atoms with Gasteiger partial charge >= 0.3 is 0 Å². The molecule has 0 radical (unpaired) electrons. The molecule has 1 aromatic carbocycles. The van der Waals surface area contributed by atoms with E-state index in [0.29, 0.717) is 17.5 Å². The fraction of sp³-hybridized carbons (Fsp3) is 0.538. The van der Waals surface area contributed by atoms with E-state index in [2.05, 4.69) is 27.9 Å². The summed E-state index contributed by atoms with van der Waals surface area (Å²) in [7, 11) is 0. The summed E-state index contributed by atoms with van der Waals surface area (Å²) in [4.78, 5) is 0. The maximum Gasteiger partial charge on any atom is 0.123 e. The van der Waals surface area contributed by atoms with Crippen LogP contribution in [0.5, 0.6) is 5.75 Å². The van der Waals surface area contributed by atoms with Crippen LogP contribution >= 0.6 is 22.6 Å². The molecular weight excluding hydrogens is 332 g/mol. The highest BCUT2D eigenvalue weighted by atomic mass is 127. The van der Waals surface area contributed by atoms with Gasteiger partial charge in [-0.05, 0) is 37.1 Å². The summed E-state index contributed by atoms with van der Waals surface area (Å²) in [5, 5.41) is 3.57. The SMILES string of the molecule is Fc1ccc(OCC23CCC2NC3CI)cc1. The minimum Gasteiger partial charge on any atom is -0.493 e. The lowest BCUT2D eigenvalue weighted by molar-refractivity contribution is -0.0975. The minimum atomic E-state index is -0.215. The van der Waals surface area contributed by atoms with E-state index >= 15 is 0 Å². The molecule has 1 N–H and O–H groups in total. The van der Waals surface area contributed by atoms with E-state index in [1.165, 1.54) is 25.0 Å². The number of fused-ring (bicyclic) bond motifs is 1. The number of alkyl halides is 1. The first-order valence-electron chi connectivity index (χ1n) is 5.95. The van der Waals surface area contributed by atoms with Gasteiger partial charge in [0.15, 0.2) is 0 Å². The van der Waals surface area contributed by atoms with E-state index in [4.69, 9.17) is 4.74 Å². The second-order valence-electron chi connectivity index (χ2n) is 4.94. The Hall–Kier alpha value is -0.360. The van der Waals surface area contributed by atoms with Gasteiger partial charge in [0.1, 0.15) is 11.6 Å². The normalized spacial score (nSPS) is 34.5. The Balaban J connectivity index is 1.62. The lowest BCUT2D eigenvalue weighted by atomic mass is 9.54. The molecule has 0 aromatic heterocycles. The van der Waals surface area contributed by atoms with Crippen molar-refractivity contribution in [3.05, 3.63) is 30.1 Å². The van der Waals surface area contributed by atoms with Gasteiger partial charge in [0.25, 0.3) is 0 Å². The summed E-state index contributed by atoms with van der Waals surface area (Å²) in [6.07, 6.45) is 2.51. The summed E-state index contributed by atoms with van der Waals surface area (Å²) in [5.74, 6) is 0.554. The Bertz CT molecular complexity index is 410. The van der Waals surface area contributed by atoms with Gasteiger partial charge in [-0.15, -0.1) is 0 Å². The van der Waals surface area contributed by atoms with Gasteiger partial charge in [-0.2, -0.15) is 0 Å². The Kier molecular flexibility index (Phi) is 3.02. The number of ether oxygens (including phenoxy) is 1. The molecule has 0 amide bonds. The lowest BCUT2D eigenvalue weighted by Crippen LogP contribution is -2.78. The molecule has 92 valence electrons. The van der Waals surface area contributed by atoms with Gasteiger partial charge < -0.3 is 10.1 Å². The fourth-order valence-electron chi connectivity index (χ4n) is 2.86. The monoisotopic (exact) mass is 347 g/mol. The summed E-state index contributed by atoms with van der Waals surface area (Å²) >= 11 is 2.42. The average Bonchev–Trinajstić information content (AvgIpc) is 2.34. The van der Waals surface area contributed by atoms with Crippen LogP contribution in [0.4, 0.5) is 4.39 Å². The van der Waals surface area contributed by atoms with Crippen LogP contribution in [0, 0.1) is 11.2 Å². The topological polar surface area (TPSA) is 21.3 Å². The molecule has 0 spiro atoms. The first-order chi connectivity index (χ1) is 8.24. The number of nitrogens with one attached hydrogen (secondary N) is 1. The predicted octanol–water partition coefficient (Wildman–Crippen LogP) is 2.76. The number of hydrogen-bond donors (Lipinski definition) is 1. The molecule has 3 atom stereocenters. The third-order valence-corrected chi connectivity index (χ3v) is 5.05. The first-order valence-corrected chi connectivity index (χ1v) is 7.47. The standard InChI is InChI=1S/C13H15FINO/c14-9-1-3-10(4-2-9)17-8-13-6-5-11(13)16-12(13)7-15/h1-4,11-12,16H,5-8H2. The Morgan fingerprint density at radius 3 is 2.71 bits per heavy atom. The van der Waals surface area contributed by atoms with Crippen LogP contribution in [0.15, 0.2) is 24.3 Å². The van der Waals surface area contributed by atoms with E-state index in [0.717, 1.165) is 16.8 Å². The molecule has 1 heterocycles. The van der Waals surface area contributed by atoms with Gasteiger partial charge in [0.2, 0.25) is 0 Å². The van der Waals surface area contributed by atoms with Crippen LogP contribution in [0.25, 0.3) is 0 Å². The van der Waals surface area contributed by atoms with Crippen LogP contribution in [0.1, 0.15) is 12.8 Å². The van der Waals surface area contributed by atoms with E-state index in [9.17, 15) is 4.39 Å². The number of rotatable bonds is 4. The van der Waals surface area contributed by atoms with Crippen molar-refractivity contribution in [2.45, 2.75) is 24.9 Å². The molecular formula is C13H15FINO. The van der Waals surface area contributed by atoms with Gasteiger partial charge in [0.05, 0.1) is 6.61 Å². The molecule has 1 aliphatic carbocycles. The molecule has 1 aliphatic heterocycles. The Morgan fingerprint density at radius 2 is 2.18 bits per heavy atom. The highest BCUT2D eigenvalue weighted by molar-refractivity contribution is 14.1. The van der Waals surface area contributed by atoms with E-state index < -0.39 is 0 Å². The number of hydrogen-bond acceptors (Lipinski definition) is 2. The van der Waals surface area contributed by atoms with E-state index in [1.807, 2.05) is 0 Å². The van der Waals surface area contributed by atoms with Crippen molar-refractivity contribution >= 4 is 22.6 Å². The fourth-order valence-corrected chi connectivity index (χ4v) is 3.99. The van der Waals surface area contributed by atoms with Crippen LogP contribution in [0.3, 0.4) is 0 Å². The molecule has 2 fully saturated rings. The van der Waals surface area contributed by atoms with E-state index in [1.54, 1.807) is 12.1 Å². The molecule has 17 heavy (non-hydrogen) atoms. The van der Waals surface area contributed by atoms with E-state index in [-0.39, 0.29) is 5.82 Å². The molecule has 3 unspecified atom stereocenters. The zero-order chi connectivity index (χ0) is 11.9. The summed E-state index contributed by atoms with van der Waals surface area (Å²) in [6.45, 7) is 0.754. The first kappa shape index (κ1) is 11.7. The highest BCUT2D eigenvalue weighted by Gasteiger charge is 2.60. The van der Waals surface area contributed by atoms with Crippen molar-refractivity contribution in [3.8, 4) is 5.75 Å². The third kappa shape index (κ3) is 1.85. The van der Waals surface area contributed by atoms with Crippen molar-refractivity contribution in [1.29, 1.82) is 0 Å². The van der Waals surface area contributed by atoms with Crippen LogP contribution in [-0.4, -0.2) is 23.1 Å². The predicted molar refractivity (Wildman–Crippen MR) is 73.2 cm³/mol. The van der Waals surface area contributed by atoms with Gasteiger partial charge in [-0.3, -0.25) is 0 Å². The lowest BCUT2D eigenvalue weighted by Gasteiger charge is -2.64. The Labute approximate surface area is 114 Å². The van der Waals surface area contributed by atoms with Crippen LogP contribution in [-0.2, 0) is 0 Å². The van der Waals surface area contributed by atoms with Gasteiger partial charge in [-0.1, -0.05) is 22.6 Å². The Morgan fingerprint density at radius 1 is 1.41 bits per heavy atom. The molecule has 1 aromatic rings.